The van der Waals surface area contributed by atoms with Crippen molar-refractivity contribution in [3.8, 4) is 11.3 Å². The van der Waals surface area contributed by atoms with Gasteiger partial charge in [-0.25, -0.2) is 0 Å². The van der Waals surface area contributed by atoms with Crippen LogP contribution < -0.4 is 5.32 Å². The Balaban J connectivity index is 1.63. The second-order valence-electron chi connectivity index (χ2n) is 6.65. The van der Waals surface area contributed by atoms with Gasteiger partial charge in [0.15, 0.2) is 0 Å². The number of rotatable bonds is 6. The van der Waals surface area contributed by atoms with Gasteiger partial charge in [0.05, 0.1) is 17.4 Å². The maximum atomic E-state index is 12.4. The second kappa shape index (κ2) is 7.56. The van der Waals surface area contributed by atoms with E-state index >= 15 is 0 Å². The van der Waals surface area contributed by atoms with Crippen LogP contribution in [0.25, 0.3) is 11.3 Å². The number of aryl methyl sites for hydroxylation is 3. The first kappa shape index (κ1) is 17.9. The van der Waals surface area contributed by atoms with Crippen molar-refractivity contribution in [2.75, 3.05) is 6.54 Å². The fraction of sp³-hybridized carbons (Fsp3) is 0.350. The van der Waals surface area contributed by atoms with Crippen LogP contribution in [0.4, 0.5) is 0 Å². The van der Waals surface area contributed by atoms with E-state index in [4.69, 9.17) is 0 Å². The third-order valence-electron chi connectivity index (χ3n) is 4.50. The molecule has 6 nitrogen and oxygen atoms in total. The quantitative estimate of drug-likeness (QED) is 0.714. The Hall–Kier alpha value is -2.89. The van der Waals surface area contributed by atoms with Crippen molar-refractivity contribution >= 4 is 5.91 Å². The molecule has 1 amide bonds. The molecular weight excluding hydrogens is 326 g/mol. The molecule has 0 aliphatic rings. The number of aromatic nitrogens is 4. The molecule has 2 N–H and O–H groups in total. The summed E-state index contributed by atoms with van der Waals surface area (Å²) in [4.78, 5) is 12.4. The highest BCUT2D eigenvalue weighted by Crippen LogP contribution is 2.18. The van der Waals surface area contributed by atoms with E-state index in [9.17, 15) is 4.79 Å². The van der Waals surface area contributed by atoms with E-state index in [1.54, 1.807) is 6.07 Å². The van der Waals surface area contributed by atoms with Crippen molar-refractivity contribution in [3.05, 3.63) is 59.0 Å². The highest BCUT2D eigenvalue weighted by atomic mass is 16.1. The molecule has 0 bridgehead atoms. The molecule has 6 heteroatoms. The van der Waals surface area contributed by atoms with Crippen LogP contribution in [0.15, 0.2) is 36.4 Å². The van der Waals surface area contributed by atoms with E-state index in [0.717, 1.165) is 29.1 Å². The lowest BCUT2D eigenvalue weighted by Gasteiger charge is -2.14. The topological polar surface area (TPSA) is 75.6 Å². The van der Waals surface area contributed by atoms with E-state index in [1.807, 2.05) is 43.7 Å². The van der Waals surface area contributed by atoms with Crippen LogP contribution in [-0.4, -0.2) is 32.4 Å². The van der Waals surface area contributed by atoms with Crippen LogP contribution in [-0.2, 0) is 6.42 Å². The number of amides is 1. The number of benzene rings is 1. The smallest absolute Gasteiger partial charge is 0.269 e. The minimum atomic E-state index is -0.165. The second-order valence-corrected chi connectivity index (χ2v) is 6.65. The van der Waals surface area contributed by atoms with Crippen LogP contribution in [0.5, 0.6) is 0 Å². The summed E-state index contributed by atoms with van der Waals surface area (Å²) in [6, 6.07) is 12.1. The summed E-state index contributed by atoms with van der Waals surface area (Å²) < 4.78 is 1.93. The monoisotopic (exact) mass is 351 g/mol. The number of H-pyrrole nitrogens is 1. The Labute approximate surface area is 153 Å². The standard InChI is InChI=1S/C20H25N5O/c1-5-16-6-8-17(9-7-16)18-11-19(23-22-18)20(26)21-12-15(4)25-14(3)10-13(2)24-25/h6-11,15H,5,12H2,1-4H3,(H,21,26)(H,22,23). The van der Waals surface area contributed by atoms with E-state index < -0.39 is 0 Å². The Morgan fingerprint density at radius 3 is 2.58 bits per heavy atom. The van der Waals surface area contributed by atoms with Gasteiger partial charge in [0.25, 0.3) is 5.91 Å². The highest BCUT2D eigenvalue weighted by Gasteiger charge is 2.14. The van der Waals surface area contributed by atoms with Gasteiger partial charge in [-0.2, -0.15) is 10.2 Å². The third kappa shape index (κ3) is 3.85. The summed E-state index contributed by atoms with van der Waals surface area (Å²) in [6.07, 6.45) is 1.00. The first-order chi connectivity index (χ1) is 12.5. The number of carbonyl (C=O) groups is 1. The lowest BCUT2D eigenvalue weighted by atomic mass is 10.1. The van der Waals surface area contributed by atoms with Crippen LogP contribution in [0.2, 0.25) is 0 Å². The number of carbonyl (C=O) groups excluding carboxylic acids is 1. The van der Waals surface area contributed by atoms with Crippen molar-refractivity contribution in [1.29, 1.82) is 0 Å². The lowest BCUT2D eigenvalue weighted by molar-refractivity contribution is 0.0942. The first-order valence-corrected chi connectivity index (χ1v) is 8.93. The van der Waals surface area contributed by atoms with E-state index in [0.29, 0.717) is 12.2 Å². The molecule has 0 saturated carbocycles. The van der Waals surface area contributed by atoms with Gasteiger partial charge in [-0.15, -0.1) is 0 Å². The molecule has 3 aromatic rings. The third-order valence-corrected chi connectivity index (χ3v) is 4.50. The highest BCUT2D eigenvalue weighted by molar-refractivity contribution is 5.93. The summed E-state index contributed by atoms with van der Waals surface area (Å²) in [5.74, 6) is -0.165. The molecule has 0 spiro atoms. The molecular formula is C20H25N5O. The SMILES string of the molecule is CCc1ccc(-c2cc(C(=O)NCC(C)n3nc(C)cc3C)[nH]n2)cc1. The largest absolute Gasteiger partial charge is 0.349 e. The molecule has 0 aliphatic carbocycles. The van der Waals surface area contributed by atoms with Gasteiger partial charge in [-0.05, 0) is 44.9 Å². The van der Waals surface area contributed by atoms with Crippen molar-refractivity contribution in [3.63, 3.8) is 0 Å². The predicted molar refractivity (Wildman–Crippen MR) is 102 cm³/mol. The van der Waals surface area contributed by atoms with Crippen LogP contribution in [0.1, 0.15) is 47.3 Å². The van der Waals surface area contributed by atoms with Gasteiger partial charge in [-0.1, -0.05) is 31.2 Å². The van der Waals surface area contributed by atoms with E-state index in [1.165, 1.54) is 5.56 Å². The zero-order chi connectivity index (χ0) is 18.7. The molecule has 3 rings (SSSR count). The summed E-state index contributed by atoms with van der Waals surface area (Å²) in [5.41, 5.74) is 5.56. The van der Waals surface area contributed by atoms with Gasteiger partial charge in [0, 0.05) is 17.8 Å². The van der Waals surface area contributed by atoms with Crippen molar-refractivity contribution in [1.82, 2.24) is 25.3 Å². The van der Waals surface area contributed by atoms with Gasteiger partial charge < -0.3 is 5.32 Å². The van der Waals surface area contributed by atoms with Crippen molar-refractivity contribution < 1.29 is 4.79 Å². The predicted octanol–water partition coefficient (Wildman–Crippen LogP) is 3.44. The number of aromatic amines is 1. The van der Waals surface area contributed by atoms with Gasteiger partial charge in [0.2, 0.25) is 0 Å². The number of hydrogen-bond acceptors (Lipinski definition) is 3. The fourth-order valence-corrected chi connectivity index (χ4v) is 3.01. The summed E-state index contributed by atoms with van der Waals surface area (Å²) in [6.45, 7) is 8.64. The lowest BCUT2D eigenvalue weighted by Crippen LogP contribution is -2.30. The van der Waals surface area contributed by atoms with Crippen LogP contribution >= 0.6 is 0 Å². The zero-order valence-corrected chi connectivity index (χ0v) is 15.7. The Morgan fingerprint density at radius 2 is 1.96 bits per heavy atom. The van der Waals surface area contributed by atoms with Crippen LogP contribution in [0.3, 0.4) is 0 Å². The Kier molecular flexibility index (Phi) is 5.21. The number of nitrogens with one attached hydrogen (secondary N) is 2. The Morgan fingerprint density at radius 1 is 1.23 bits per heavy atom. The molecule has 26 heavy (non-hydrogen) atoms. The van der Waals surface area contributed by atoms with Gasteiger partial charge in [0.1, 0.15) is 5.69 Å². The summed E-state index contributed by atoms with van der Waals surface area (Å²) in [5, 5.41) is 14.5. The van der Waals surface area contributed by atoms with Gasteiger partial charge in [-0.3, -0.25) is 14.6 Å². The molecule has 136 valence electrons. The van der Waals surface area contributed by atoms with E-state index in [2.05, 4.69) is 39.7 Å². The first-order valence-electron chi connectivity index (χ1n) is 8.93. The maximum absolute atomic E-state index is 12.4. The molecule has 0 saturated heterocycles. The molecule has 0 radical (unpaired) electrons. The number of hydrogen-bond donors (Lipinski definition) is 2. The van der Waals surface area contributed by atoms with Crippen molar-refractivity contribution in [2.45, 2.75) is 40.2 Å². The molecule has 1 aromatic carbocycles. The minimum Gasteiger partial charge on any atom is -0.349 e. The molecule has 0 fully saturated rings. The van der Waals surface area contributed by atoms with E-state index in [-0.39, 0.29) is 11.9 Å². The minimum absolute atomic E-state index is 0.0802. The summed E-state index contributed by atoms with van der Waals surface area (Å²) >= 11 is 0. The molecule has 2 aromatic heterocycles. The van der Waals surface area contributed by atoms with Gasteiger partial charge >= 0.3 is 0 Å². The van der Waals surface area contributed by atoms with Crippen molar-refractivity contribution in [2.24, 2.45) is 0 Å². The molecule has 1 atom stereocenters. The average molecular weight is 351 g/mol. The molecule has 0 aliphatic heterocycles. The normalized spacial score (nSPS) is 12.2. The maximum Gasteiger partial charge on any atom is 0.269 e. The fourth-order valence-electron chi connectivity index (χ4n) is 3.01. The molecule has 1 unspecified atom stereocenters. The Bertz CT molecular complexity index is 891. The average Bonchev–Trinajstić information content (AvgIpc) is 3.26. The number of nitrogens with zero attached hydrogens (tertiary/aromatic N) is 3. The zero-order valence-electron chi connectivity index (χ0n) is 15.7. The summed E-state index contributed by atoms with van der Waals surface area (Å²) in [7, 11) is 0. The molecule has 2 heterocycles. The van der Waals surface area contributed by atoms with Crippen LogP contribution in [0, 0.1) is 13.8 Å².